The van der Waals surface area contributed by atoms with E-state index in [0.717, 1.165) is 5.56 Å². The van der Waals surface area contributed by atoms with Crippen molar-refractivity contribution >= 4 is 44.8 Å². The number of aryl methyl sites for hydroxylation is 1. The van der Waals surface area contributed by atoms with Gasteiger partial charge in [-0.25, -0.2) is 8.42 Å². The first-order valence-electron chi connectivity index (χ1n) is 8.24. The van der Waals surface area contributed by atoms with E-state index in [2.05, 4.69) is 5.32 Å². The fourth-order valence-corrected chi connectivity index (χ4v) is 4.61. The summed E-state index contributed by atoms with van der Waals surface area (Å²) in [6, 6.07) is 9.28. The van der Waals surface area contributed by atoms with Gasteiger partial charge in [-0.3, -0.25) is 4.79 Å². The first-order chi connectivity index (χ1) is 12.8. The number of sulfonamides is 1. The largest absolute Gasteiger partial charge is 0.379 e. The van der Waals surface area contributed by atoms with Gasteiger partial charge in [-0.1, -0.05) is 29.3 Å². The van der Waals surface area contributed by atoms with Crippen molar-refractivity contribution in [2.75, 3.05) is 31.6 Å². The van der Waals surface area contributed by atoms with Crippen molar-refractivity contribution in [2.45, 2.75) is 11.8 Å². The maximum absolute atomic E-state index is 12.8. The van der Waals surface area contributed by atoms with Crippen molar-refractivity contribution < 1.29 is 17.9 Å². The summed E-state index contributed by atoms with van der Waals surface area (Å²) in [6.07, 6.45) is 0. The molecule has 144 valence electrons. The molecule has 0 spiro atoms. The lowest BCUT2D eigenvalue weighted by molar-refractivity contribution is 0.0730. The van der Waals surface area contributed by atoms with E-state index in [1.165, 1.54) is 22.5 Å². The summed E-state index contributed by atoms with van der Waals surface area (Å²) in [5.74, 6) is -0.537. The minimum atomic E-state index is -3.73. The van der Waals surface area contributed by atoms with E-state index in [-0.39, 0.29) is 28.6 Å². The molecular weight excluding hydrogens is 411 g/mol. The Hall–Kier alpha value is -1.64. The third-order valence-electron chi connectivity index (χ3n) is 4.16. The number of nitrogens with zero attached hydrogens (tertiary/aromatic N) is 1. The highest BCUT2D eigenvalue weighted by atomic mass is 35.5. The van der Waals surface area contributed by atoms with Gasteiger partial charge < -0.3 is 10.1 Å². The quantitative estimate of drug-likeness (QED) is 0.807. The predicted octanol–water partition coefficient (Wildman–Crippen LogP) is 3.58. The van der Waals surface area contributed by atoms with Crippen molar-refractivity contribution in [3.63, 3.8) is 0 Å². The minimum absolute atomic E-state index is 0.00829. The van der Waals surface area contributed by atoms with Gasteiger partial charge in [-0.15, -0.1) is 0 Å². The fourth-order valence-electron chi connectivity index (χ4n) is 2.69. The topological polar surface area (TPSA) is 75.7 Å². The maximum atomic E-state index is 12.8. The average molecular weight is 429 g/mol. The Morgan fingerprint density at radius 3 is 2.44 bits per heavy atom. The summed E-state index contributed by atoms with van der Waals surface area (Å²) in [7, 11) is -3.73. The molecule has 2 aromatic rings. The molecule has 0 unspecified atom stereocenters. The lowest BCUT2D eigenvalue weighted by Gasteiger charge is -2.26. The zero-order chi connectivity index (χ0) is 19.6. The first-order valence-corrected chi connectivity index (χ1v) is 10.4. The number of hydrogen-bond donors (Lipinski definition) is 1. The first kappa shape index (κ1) is 20.1. The van der Waals surface area contributed by atoms with Crippen LogP contribution >= 0.6 is 23.2 Å². The van der Waals surface area contributed by atoms with Gasteiger partial charge in [-0.05, 0) is 42.8 Å². The van der Waals surface area contributed by atoms with Crippen LogP contribution in [-0.2, 0) is 14.8 Å². The molecule has 0 aromatic heterocycles. The zero-order valence-electron chi connectivity index (χ0n) is 14.5. The lowest BCUT2D eigenvalue weighted by atomic mass is 10.2. The second-order valence-corrected chi connectivity index (χ2v) is 8.85. The van der Waals surface area contributed by atoms with Crippen LogP contribution in [0.1, 0.15) is 15.9 Å². The van der Waals surface area contributed by atoms with Crippen molar-refractivity contribution in [1.82, 2.24) is 4.31 Å². The van der Waals surface area contributed by atoms with Crippen molar-refractivity contribution in [3.8, 4) is 0 Å². The minimum Gasteiger partial charge on any atom is -0.379 e. The monoisotopic (exact) mass is 428 g/mol. The number of rotatable bonds is 4. The fraction of sp³-hybridized carbons (Fsp3) is 0.278. The number of halogens is 2. The normalized spacial score (nSPS) is 15.5. The lowest BCUT2D eigenvalue weighted by Crippen LogP contribution is -2.40. The number of anilines is 1. The van der Waals surface area contributed by atoms with E-state index in [1.807, 2.05) is 13.0 Å². The van der Waals surface area contributed by atoms with Gasteiger partial charge in [0.25, 0.3) is 5.91 Å². The summed E-state index contributed by atoms with van der Waals surface area (Å²) in [6.45, 7) is 3.10. The van der Waals surface area contributed by atoms with Crippen molar-refractivity contribution in [2.24, 2.45) is 0 Å². The van der Waals surface area contributed by atoms with Crippen LogP contribution in [0.5, 0.6) is 0 Å². The maximum Gasteiger partial charge on any atom is 0.257 e. The summed E-state index contributed by atoms with van der Waals surface area (Å²) < 4.78 is 32.1. The number of benzene rings is 2. The Kier molecular flexibility index (Phi) is 6.08. The molecule has 2 aromatic carbocycles. The van der Waals surface area contributed by atoms with Crippen LogP contribution in [0, 0.1) is 6.92 Å². The summed E-state index contributed by atoms with van der Waals surface area (Å²) in [5, 5.41) is 3.20. The van der Waals surface area contributed by atoms with Gasteiger partial charge in [0.15, 0.2) is 0 Å². The SMILES string of the molecule is Cc1ccc(NC(=O)c2cc(S(=O)(=O)N3CCOCC3)ccc2Cl)c(Cl)c1. The molecule has 1 N–H and O–H groups in total. The molecule has 1 aliphatic rings. The molecule has 6 nitrogen and oxygen atoms in total. The molecule has 9 heteroatoms. The highest BCUT2D eigenvalue weighted by molar-refractivity contribution is 7.89. The van der Waals surface area contributed by atoms with Gasteiger partial charge in [-0.2, -0.15) is 4.31 Å². The molecule has 1 amide bonds. The van der Waals surface area contributed by atoms with Gasteiger partial charge in [0.2, 0.25) is 10.0 Å². The molecule has 1 fully saturated rings. The van der Waals surface area contributed by atoms with Crippen LogP contribution in [0.15, 0.2) is 41.3 Å². The number of carbonyl (C=O) groups excluding carboxylic acids is 1. The molecule has 1 heterocycles. The Labute approximate surface area is 168 Å². The van der Waals surface area contributed by atoms with Crippen molar-refractivity contribution in [1.29, 1.82) is 0 Å². The zero-order valence-corrected chi connectivity index (χ0v) is 16.9. The van der Waals surface area contributed by atoms with Crippen LogP contribution in [-0.4, -0.2) is 44.9 Å². The summed E-state index contributed by atoms with van der Waals surface area (Å²) in [4.78, 5) is 12.7. The van der Waals surface area contributed by atoms with Crippen LogP contribution in [0.2, 0.25) is 10.0 Å². The highest BCUT2D eigenvalue weighted by Gasteiger charge is 2.27. The van der Waals surface area contributed by atoms with E-state index in [9.17, 15) is 13.2 Å². The number of hydrogen-bond acceptors (Lipinski definition) is 4. The third-order valence-corrected chi connectivity index (χ3v) is 6.70. The second kappa shape index (κ2) is 8.16. The molecule has 1 saturated heterocycles. The number of amides is 1. The van der Waals surface area contributed by atoms with Crippen LogP contribution in [0.3, 0.4) is 0 Å². The van der Waals surface area contributed by atoms with Gasteiger partial charge in [0, 0.05) is 13.1 Å². The highest BCUT2D eigenvalue weighted by Crippen LogP contribution is 2.27. The summed E-state index contributed by atoms with van der Waals surface area (Å²) >= 11 is 12.3. The van der Waals surface area contributed by atoms with E-state index >= 15 is 0 Å². The molecule has 27 heavy (non-hydrogen) atoms. The van der Waals surface area contributed by atoms with Crippen LogP contribution in [0.25, 0.3) is 0 Å². The molecule has 0 atom stereocenters. The van der Waals surface area contributed by atoms with E-state index in [0.29, 0.717) is 23.9 Å². The molecule has 3 rings (SSSR count). The number of ether oxygens (including phenoxy) is 1. The van der Waals surface area contributed by atoms with E-state index in [1.54, 1.807) is 12.1 Å². The number of nitrogens with one attached hydrogen (secondary N) is 1. The van der Waals surface area contributed by atoms with E-state index in [4.69, 9.17) is 27.9 Å². The Morgan fingerprint density at radius 2 is 1.78 bits per heavy atom. The standard InChI is InChI=1S/C18H18Cl2N2O4S/c1-12-2-5-17(16(20)10-12)21-18(23)14-11-13(3-4-15(14)19)27(24,25)22-6-8-26-9-7-22/h2-5,10-11H,6-9H2,1H3,(H,21,23). The number of morpholine rings is 1. The predicted molar refractivity (Wildman–Crippen MR) is 105 cm³/mol. The second-order valence-electron chi connectivity index (χ2n) is 6.10. The molecule has 0 saturated carbocycles. The van der Waals surface area contributed by atoms with Crippen molar-refractivity contribution in [3.05, 3.63) is 57.6 Å². The van der Waals surface area contributed by atoms with E-state index < -0.39 is 15.9 Å². The van der Waals surface area contributed by atoms with Crippen LogP contribution < -0.4 is 5.32 Å². The van der Waals surface area contributed by atoms with Gasteiger partial charge in [0.05, 0.1) is 39.4 Å². The Morgan fingerprint density at radius 1 is 1.07 bits per heavy atom. The average Bonchev–Trinajstić information content (AvgIpc) is 2.65. The Balaban J connectivity index is 1.89. The van der Waals surface area contributed by atoms with Gasteiger partial charge >= 0.3 is 0 Å². The summed E-state index contributed by atoms with van der Waals surface area (Å²) in [5.41, 5.74) is 1.43. The molecule has 1 aliphatic heterocycles. The van der Waals surface area contributed by atoms with Gasteiger partial charge in [0.1, 0.15) is 0 Å². The smallest absolute Gasteiger partial charge is 0.257 e. The molecular formula is C18H18Cl2N2O4S. The van der Waals surface area contributed by atoms with Crippen LogP contribution in [0.4, 0.5) is 5.69 Å². The molecule has 0 radical (unpaired) electrons. The molecule has 0 bridgehead atoms. The third kappa shape index (κ3) is 4.44. The Bertz CT molecular complexity index is 973. The molecule has 0 aliphatic carbocycles. The number of carbonyl (C=O) groups is 1.